The van der Waals surface area contributed by atoms with Crippen molar-refractivity contribution in [2.24, 2.45) is 17.8 Å². The number of imide groups is 1. The number of aliphatic carboxylic acids is 1. The van der Waals surface area contributed by atoms with Crippen molar-refractivity contribution in [3.8, 4) is 5.75 Å². The van der Waals surface area contributed by atoms with E-state index in [9.17, 15) is 23.9 Å². The van der Waals surface area contributed by atoms with E-state index < -0.39 is 11.8 Å². The molecule has 7 nitrogen and oxygen atoms in total. The maximum absolute atomic E-state index is 13.6. The predicted octanol–water partition coefficient (Wildman–Crippen LogP) is 4.70. The van der Waals surface area contributed by atoms with Crippen LogP contribution in [0.1, 0.15) is 64.4 Å². The van der Waals surface area contributed by atoms with E-state index in [4.69, 9.17) is 9.84 Å². The molecule has 0 aromatic heterocycles. The zero-order chi connectivity index (χ0) is 26.0. The van der Waals surface area contributed by atoms with Crippen molar-refractivity contribution in [2.75, 3.05) is 13.2 Å². The molecule has 0 unspecified atom stereocenters. The zero-order valence-corrected chi connectivity index (χ0v) is 20.8. The summed E-state index contributed by atoms with van der Waals surface area (Å²) in [6.07, 6.45) is 5.74. The van der Waals surface area contributed by atoms with Crippen LogP contribution >= 0.6 is 0 Å². The number of nitrogens with zero attached hydrogens (tertiary/aromatic N) is 1. The highest BCUT2D eigenvalue weighted by atomic mass is 19.1. The second-order valence-corrected chi connectivity index (χ2v) is 10.3. The molecule has 2 aliphatic heterocycles. The van der Waals surface area contributed by atoms with Gasteiger partial charge in [0.05, 0.1) is 24.5 Å². The van der Waals surface area contributed by atoms with Gasteiger partial charge in [-0.15, -0.1) is 0 Å². The maximum atomic E-state index is 13.6. The highest BCUT2D eigenvalue weighted by Gasteiger charge is 2.56. The van der Waals surface area contributed by atoms with Crippen LogP contribution in [-0.2, 0) is 19.1 Å². The molecule has 0 spiro atoms. The lowest BCUT2D eigenvalue weighted by molar-refractivity contribution is -0.141. The molecule has 2 amide bonds. The summed E-state index contributed by atoms with van der Waals surface area (Å²) in [4.78, 5) is 38.4. The summed E-state index contributed by atoms with van der Waals surface area (Å²) >= 11 is 0. The van der Waals surface area contributed by atoms with Gasteiger partial charge in [-0.25, -0.2) is 4.39 Å². The van der Waals surface area contributed by atoms with Crippen molar-refractivity contribution in [3.05, 3.63) is 46.3 Å². The number of phenols is 1. The Kier molecular flexibility index (Phi) is 7.93. The molecular formula is C28H34FNO6. The number of likely N-dealkylation sites (tertiary alicyclic amines) is 1. The Balaban J connectivity index is 1.38. The fourth-order valence-electron chi connectivity index (χ4n) is 5.97. The van der Waals surface area contributed by atoms with Gasteiger partial charge in [0.2, 0.25) is 11.8 Å². The third-order valence-corrected chi connectivity index (χ3v) is 7.70. The zero-order valence-electron chi connectivity index (χ0n) is 20.8. The van der Waals surface area contributed by atoms with Gasteiger partial charge < -0.3 is 14.9 Å². The molecular weight excluding hydrogens is 465 g/mol. The second-order valence-electron chi connectivity index (χ2n) is 10.3. The third-order valence-electron chi connectivity index (χ3n) is 7.70. The number of rotatable bonds is 10. The van der Waals surface area contributed by atoms with E-state index in [0.717, 1.165) is 29.6 Å². The number of ether oxygens (including phenoxy) is 1. The third kappa shape index (κ3) is 5.38. The minimum atomic E-state index is -0.834. The number of carbonyl (C=O) groups excluding carboxylic acids is 2. The number of unbranched alkanes of at least 4 members (excludes halogenated alkanes) is 2. The number of carbonyl (C=O) groups is 3. The SMILES string of the molecule is CC1=C2[C@@H](CC/C(C)=C/c3ccc(O)c(F)c3)OC[C@@H]2[C@@H]2C(=O)N(CCCCCC(=O)O)C(=O)[C@@H]2C1. The van der Waals surface area contributed by atoms with Gasteiger partial charge in [0.25, 0.3) is 0 Å². The number of fused-ring (bicyclic) bond motifs is 3. The number of phenolic OH excluding ortho intramolecular Hbond substituents is 1. The van der Waals surface area contributed by atoms with Gasteiger partial charge in [0.1, 0.15) is 0 Å². The topological polar surface area (TPSA) is 104 Å². The lowest BCUT2D eigenvalue weighted by atomic mass is 9.70. The quantitative estimate of drug-likeness (QED) is 0.275. The van der Waals surface area contributed by atoms with Gasteiger partial charge in [-0.3, -0.25) is 19.3 Å². The highest BCUT2D eigenvalue weighted by Crippen LogP contribution is 2.49. The molecule has 4 rings (SSSR count). The van der Waals surface area contributed by atoms with Crippen LogP contribution in [0.4, 0.5) is 4.39 Å². The number of benzene rings is 1. The predicted molar refractivity (Wildman–Crippen MR) is 131 cm³/mol. The van der Waals surface area contributed by atoms with E-state index in [1.807, 2.05) is 19.9 Å². The number of carboxylic acids is 1. The number of hydrogen-bond acceptors (Lipinski definition) is 5. The lowest BCUT2D eigenvalue weighted by Crippen LogP contribution is -2.34. The van der Waals surface area contributed by atoms with Crippen LogP contribution in [0.2, 0.25) is 0 Å². The summed E-state index contributed by atoms with van der Waals surface area (Å²) in [6, 6.07) is 4.30. The summed E-state index contributed by atoms with van der Waals surface area (Å²) in [5.74, 6) is -2.88. The van der Waals surface area contributed by atoms with Crippen LogP contribution in [-0.4, -0.2) is 52.2 Å². The standard InChI is InChI=1S/C28H34FNO6/c1-16(12-18-8-9-22(31)21(29)14-18)7-10-23-25-17(2)13-19-26(20(25)15-36-23)28(35)30(27(19)34)11-5-3-4-6-24(32)33/h8-9,12,14,19-20,23,26,31H,3-7,10-11,13,15H2,1-2H3,(H,32,33)/b16-12+/t19-,20+,23-,26-/m1/s1. The Bertz CT molecular complexity index is 1110. The van der Waals surface area contributed by atoms with Crippen LogP contribution in [0.25, 0.3) is 6.08 Å². The fraction of sp³-hybridized carbons (Fsp3) is 0.536. The molecule has 0 saturated carbocycles. The molecule has 194 valence electrons. The molecule has 36 heavy (non-hydrogen) atoms. The first-order valence-corrected chi connectivity index (χ1v) is 12.7. The van der Waals surface area contributed by atoms with Crippen molar-refractivity contribution < 1.29 is 33.7 Å². The highest BCUT2D eigenvalue weighted by molar-refractivity contribution is 6.05. The second kappa shape index (κ2) is 10.9. The number of aromatic hydroxyl groups is 1. The molecule has 4 atom stereocenters. The maximum Gasteiger partial charge on any atom is 0.303 e. The van der Waals surface area contributed by atoms with Gasteiger partial charge in [-0.1, -0.05) is 29.7 Å². The average Bonchev–Trinajstić information content (AvgIpc) is 3.35. The number of amides is 2. The molecule has 3 aliphatic rings. The van der Waals surface area contributed by atoms with E-state index in [1.165, 1.54) is 17.0 Å². The van der Waals surface area contributed by atoms with E-state index >= 15 is 0 Å². The first-order valence-electron chi connectivity index (χ1n) is 12.7. The van der Waals surface area contributed by atoms with E-state index in [-0.39, 0.29) is 47.8 Å². The van der Waals surface area contributed by atoms with Crippen LogP contribution in [0.15, 0.2) is 34.9 Å². The first kappa shape index (κ1) is 26.1. The Hall–Kier alpha value is -3.00. The lowest BCUT2D eigenvalue weighted by Gasteiger charge is -2.30. The molecule has 0 radical (unpaired) electrons. The van der Waals surface area contributed by atoms with Crippen LogP contribution in [0.3, 0.4) is 0 Å². The van der Waals surface area contributed by atoms with Gasteiger partial charge in [-0.05, 0) is 69.2 Å². The van der Waals surface area contributed by atoms with Crippen LogP contribution < -0.4 is 0 Å². The molecule has 1 aromatic carbocycles. The summed E-state index contributed by atoms with van der Waals surface area (Å²) in [7, 11) is 0. The molecule has 0 bridgehead atoms. The molecule has 2 heterocycles. The van der Waals surface area contributed by atoms with E-state index in [2.05, 4.69) is 0 Å². The van der Waals surface area contributed by atoms with Crippen molar-refractivity contribution in [2.45, 2.75) is 64.9 Å². The molecule has 2 saturated heterocycles. The number of allylic oxidation sites excluding steroid dienone is 2. The van der Waals surface area contributed by atoms with E-state index in [1.54, 1.807) is 6.07 Å². The van der Waals surface area contributed by atoms with Gasteiger partial charge in [-0.2, -0.15) is 0 Å². The molecule has 1 aliphatic carbocycles. The fourth-order valence-corrected chi connectivity index (χ4v) is 5.97. The van der Waals surface area contributed by atoms with Gasteiger partial charge in [0, 0.05) is 18.9 Å². The monoisotopic (exact) mass is 499 g/mol. The summed E-state index contributed by atoms with van der Waals surface area (Å²) < 4.78 is 19.8. The molecule has 8 heteroatoms. The normalized spacial score (nSPS) is 26.0. The van der Waals surface area contributed by atoms with E-state index in [0.29, 0.717) is 44.4 Å². The smallest absolute Gasteiger partial charge is 0.303 e. The van der Waals surface area contributed by atoms with Gasteiger partial charge in [0.15, 0.2) is 11.6 Å². The Morgan fingerprint density at radius 2 is 1.94 bits per heavy atom. The molecule has 1 aromatic rings. The van der Waals surface area contributed by atoms with Crippen molar-refractivity contribution in [1.29, 1.82) is 0 Å². The summed E-state index contributed by atoms with van der Waals surface area (Å²) in [5, 5.41) is 18.1. The number of carboxylic acid groups (broad SMARTS) is 1. The molecule has 2 N–H and O–H groups in total. The average molecular weight is 500 g/mol. The minimum Gasteiger partial charge on any atom is -0.505 e. The van der Waals surface area contributed by atoms with Crippen molar-refractivity contribution in [1.82, 2.24) is 4.90 Å². The number of halogens is 1. The first-order chi connectivity index (χ1) is 17.2. The van der Waals surface area contributed by atoms with Crippen LogP contribution in [0.5, 0.6) is 5.75 Å². The van der Waals surface area contributed by atoms with Gasteiger partial charge >= 0.3 is 5.97 Å². The summed E-state index contributed by atoms with van der Waals surface area (Å²) in [5.41, 5.74) is 4.03. The van der Waals surface area contributed by atoms with Crippen LogP contribution in [0, 0.1) is 23.6 Å². The van der Waals surface area contributed by atoms with Crippen molar-refractivity contribution in [3.63, 3.8) is 0 Å². The van der Waals surface area contributed by atoms with Crippen molar-refractivity contribution >= 4 is 23.9 Å². The Morgan fingerprint density at radius 3 is 2.67 bits per heavy atom. The molecule has 2 fully saturated rings. The number of hydrogen-bond donors (Lipinski definition) is 2. The Labute approximate surface area is 210 Å². The minimum absolute atomic E-state index is 0.0855. The largest absolute Gasteiger partial charge is 0.505 e. The Morgan fingerprint density at radius 1 is 1.17 bits per heavy atom. The summed E-state index contributed by atoms with van der Waals surface area (Å²) in [6.45, 7) is 4.78.